The maximum atomic E-state index is 13.8. The molecule has 1 aromatic carbocycles. The second-order valence-corrected chi connectivity index (χ2v) is 7.68. The molecule has 1 amide bonds. The van der Waals surface area contributed by atoms with Gasteiger partial charge in [-0.15, -0.1) is 0 Å². The number of benzene rings is 1. The van der Waals surface area contributed by atoms with Crippen LogP contribution < -0.4 is 10.1 Å². The molecule has 1 aliphatic rings. The Kier molecular flexibility index (Phi) is 6.61. The van der Waals surface area contributed by atoms with Gasteiger partial charge < -0.3 is 14.8 Å². The van der Waals surface area contributed by atoms with Crippen LogP contribution in [0.25, 0.3) is 16.9 Å². The fourth-order valence-electron chi connectivity index (χ4n) is 3.73. The monoisotopic (exact) mass is 445 g/mol. The van der Waals surface area contributed by atoms with Gasteiger partial charge in [-0.2, -0.15) is 5.10 Å². The highest BCUT2D eigenvalue weighted by molar-refractivity contribution is 6.00. The molecule has 1 atom stereocenters. The van der Waals surface area contributed by atoms with E-state index in [4.69, 9.17) is 9.47 Å². The third-order valence-electron chi connectivity index (χ3n) is 5.37. The summed E-state index contributed by atoms with van der Waals surface area (Å²) in [5.41, 5.74) is 0.858. The summed E-state index contributed by atoms with van der Waals surface area (Å²) < 4.78 is 39.1. The molecule has 1 aliphatic heterocycles. The van der Waals surface area contributed by atoms with Crippen molar-refractivity contribution < 1.29 is 23.0 Å². The Labute approximate surface area is 184 Å². The van der Waals surface area contributed by atoms with Crippen molar-refractivity contribution in [3.05, 3.63) is 47.8 Å². The van der Waals surface area contributed by atoms with Crippen molar-refractivity contribution in [1.82, 2.24) is 24.8 Å². The van der Waals surface area contributed by atoms with Crippen LogP contribution in [0.15, 0.2) is 36.5 Å². The van der Waals surface area contributed by atoms with Crippen LogP contribution in [-0.2, 0) is 4.74 Å². The molecule has 0 aliphatic carbocycles. The number of morpholine rings is 1. The molecule has 3 aromatic rings. The van der Waals surface area contributed by atoms with E-state index in [1.54, 1.807) is 31.4 Å². The Hall–Kier alpha value is -3.11. The van der Waals surface area contributed by atoms with Gasteiger partial charge in [-0.25, -0.2) is 18.3 Å². The van der Waals surface area contributed by atoms with Gasteiger partial charge in [-0.1, -0.05) is 0 Å². The molecule has 4 rings (SSSR count). The molecule has 170 valence electrons. The Bertz CT molecular complexity index is 1080. The lowest BCUT2D eigenvalue weighted by atomic mass is 10.1. The average Bonchev–Trinajstić information content (AvgIpc) is 3.23. The van der Waals surface area contributed by atoms with E-state index >= 15 is 0 Å². The number of fused-ring (bicyclic) bond motifs is 1. The minimum Gasteiger partial charge on any atom is -0.497 e. The minimum absolute atomic E-state index is 0.0877. The number of amides is 1. The van der Waals surface area contributed by atoms with Crippen LogP contribution in [0.3, 0.4) is 0 Å². The molecule has 1 N–H and O–H groups in total. The van der Waals surface area contributed by atoms with Gasteiger partial charge in [-0.05, 0) is 37.3 Å². The smallest absolute Gasteiger partial charge is 0.280 e. The highest BCUT2D eigenvalue weighted by Crippen LogP contribution is 2.27. The van der Waals surface area contributed by atoms with Gasteiger partial charge in [0.15, 0.2) is 5.65 Å². The van der Waals surface area contributed by atoms with Crippen LogP contribution in [0.1, 0.15) is 29.4 Å². The fraction of sp³-hybridized carbons (Fsp3) is 0.409. The number of alkyl halides is 2. The summed E-state index contributed by atoms with van der Waals surface area (Å²) in [4.78, 5) is 19.6. The zero-order chi connectivity index (χ0) is 22.7. The standard InChI is InChI=1S/C22H25F2N5O3/c1-14(13-28-7-9-32-10-8-28)26-22(30)17-12-25-29-19(20(23)24)11-18(27-21(17)29)15-3-5-16(31-2)6-4-15/h3-6,11-12,14,20H,7-10,13H2,1-2H3,(H,26,30)/t14-/m0/s1. The number of carbonyl (C=O) groups is 1. The number of hydrogen-bond donors (Lipinski definition) is 1. The molecule has 1 saturated heterocycles. The molecule has 0 saturated carbocycles. The number of nitrogens with zero attached hydrogens (tertiary/aromatic N) is 4. The quantitative estimate of drug-likeness (QED) is 0.603. The largest absolute Gasteiger partial charge is 0.497 e. The summed E-state index contributed by atoms with van der Waals surface area (Å²) in [5, 5.41) is 6.94. The number of halogens is 2. The van der Waals surface area contributed by atoms with Crippen LogP contribution in [0.5, 0.6) is 5.75 Å². The van der Waals surface area contributed by atoms with Gasteiger partial charge in [0, 0.05) is 31.2 Å². The normalized spacial score (nSPS) is 15.8. The van der Waals surface area contributed by atoms with E-state index in [1.165, 1.54) is 12.3 Å². The molecule has 0 bridgehead atoms. The van der Waals surface area contributed by atoms with E-state index in [-0.39, 0.29) is 22.9 Å². The van der Waals surface area contributed by atoms with Crippen LogP contribution in [0, 0.1) is 0 Å². The molecular weight excluding hydrogens is 420 g/mol. The molecule has 10 heteroatoms. The van der Waals surface area contributed by atoms with E-state index in [0.717, 1.165) is 17.6 Å². The van der Waals surface area contributed by atoms with Crippen LogP contribution in [0.2, 0.25) is 0 Å². The summed E-state index contributed by atoms with van der Waals surface area (Å²) in [6.45, 7) is 5.52. The van der Waals surface area contributed by atoms with E-state index < -0.39 is 12.3 Å². The maximum Gasteiger partial charge on any atom is 0.280 e. The van der Waals surface area contributed by atoms with Crippen LogP contribution in [-0.4, -0.2) is 71.4 Å². The van der Waals surface area contributed by atoms with Gasteiger partial charge in [-0.3, -0.25) is 9.69 Å². The second kappa shape index (κ2) is 9.58. The van der Waals surface area contributed by atoms with Crippen molar-refractivity contribution in [1.29, 1.82) is 0 Å². The lowest BCUT2D eigenvalue weighted by Crippen LogP contribution is -2.46. The number of ether oxygens (including phenoxy) is 2. The van der Waals surface area contributed by atoms with E-state index in [9.17, 15) is 13.6 Å². The van der Waals surface area contributed by atoms with Crippen molar-refractivity contribution in [2.75, 3.05) is 40.0 Å². The number of aromatic nitrogens is 3. The lowest BCUT2D eigenvalue weighted by molar-refractivity contribution is 0.0342. The highest BCUT2D eigenvalue weighted by atomic mass is 19.3. The maximum absolute atomic E-state index is 13.8. The SMILES string of the molecule is COc1ccc(-c2cc(C(F)F)n3ncc(C(=O)N[C@@H](C)CN4CCOCC4)c3n2)cc1. The van der Waals surface area contributed by atoms with Gasteiger partial charge in [0.2, 0.25) is 0 Å². The highest BCUT2D eigenvalue weighted by Gasteiger charge is 2.23. The predicted molar refractivity (Wildman–Crippen MR) is 114 cm³/mol. The zero-order valence-electron chi connectivity index (χ0n) is 17.9. The lowest BCUT2D eigenvalue weighted by Gasteiger charge is -2.29. The molecule has 8 nitrogen and oxygen atoms in total. The summed E-state index contributed by atoms with van der Waals surface area (Å²) in [6.07, 6.45) is -1.50. The van der Waals surface area contributed by atoms with Crippen LogP contribution >= 0.6 is 0 Å². The second-order valence-electron chi connectivity index (χ2n) is 7.68. The topological polar surface area (TPSA) is 81.0 Å². The number of carbonyl (C=O) groups excluding carboxylic acids is 1. The molecule has 0 unspecified atom stereocenters. The number of nitrogens with one attached hydrogen (secondary N) is 1. The van der Waals surface area contributed by atoms with Crippen molar-refractivity contribution in [2.24, 2.45) is 0 Å². The van der Waals surface area contributed by atoms with Crippen LogP contribution in [0.4, 0.5) is 8.78 Å². The zero-order valence-corrected chi connectivity index (χ0v) is 17.9. The molecule has 2 aromatic heterocycles. The molecular formula is C22H25F2N5O3. The first-order valence-corrected chi connectivity index (χ1v) is 10.4. The number of hydrogen-bond acceptors (Lipinski definition) is 6. The van der Waals surface area contributed by atoms with Crippen molar-refractivity contribution in [3.8, 4) is 17.0 Å². The number of methoxy groups -OCH3 is 1. The Morgan fingerprint density at radius 2 is 1.97 bits per heavy atom. The fourth-order valence-corrected chi connectivity index (χ4v) is 3.73. The summed E-state index contributed by atoms with van der Waals surface area (Å²) in [7, 11) is 1.55. The first-order chi connectivity index (χ1) is 15.5. The summed E-state index contributed by atoms with van der Waals surface area (Å²) in [5.74, 6) is 0.239. The predicted octanol–water partition coefficient (Wildman–Crippen LogP) is 2.79. The van der Waals surface area contributed by atoms with Gasteiger partial charge in [0.05, 0.1) is 32.2 Å². The molecule has 3 heterocycles. The Morgan fingerprint density at radius 3 is 2.62 bits per heavy atom. The van der Waals surface area contributed by atoms with E-state index in [2.05, 4.69) is 20.3 Å². The van der Waals surface area contributed by atoms with Crippen molar-refractivity contribution >= 4 is 11.6 Å². The van der Waals surface area contributed by atoms with Gasteiger partial charge >= 0.3 is 0 Å². The first-order valence-electron chi connectivity index (χ1n) is 10.4. The molecule has 0 spiro atoms. The molecule has 0 radical (unpaired) electrons. The third-order valence-corrected chi connectivity index (χ3v) is 5.37. The number of rotatable bonds is 7. The summed E-state index contributed by atoms with van der Waals surface area (Å²) in [6, 6.07) is 8.05. The van der Waals surface area contributed by atoms with E-state index in [0.29, 0.717) is 36.8 Å². The Morgan fingerprint density at radius 1 is 1.25 bits per heavy atom. The third kappa shape index (κ3) is 4.71. The molecule has 32 heavy (non-hydrogen) atoms. The average molecular weight is 445 g/mol. The van der Waals surface area contributed by atoms with Gasteiger partial charge in [0.1, 0.15) is 17.0 Å². The Balaban J connectivity index is 1.62. The van der Waals surface area contributed by atoms with Crippen molar-refractivity contribution in [2.45, 2.75) is 19.4 Å². The molecule has 1 fully saturated rings. The summed E-state index contributed by atoms with van der Waals surface area (Å²) >= 11 is 0. The minimum atomic E-state index is -2.78. The van der Waals surface area contributed by atoms with E-state index in [1.807, 2.05) is 6.92 Å². The van der Waals surface area contributed by atoms with Crippen molar-refractivity contribution in [3.63, 3.8) is 0 Å². The first kappa shape index (κ1) is 22.1. The van der Waals surface area contributed by atoms with Gasteiger partial charge in [0.25, 0.3) is 12.3 Å².